The second-order valence-corrected chi connectivity index (χ2v) is 4.09. The number of ether oxygens (including phenoxy) is 1. The van der Waals surface area contributed by atoms with Gasteiger partial charge in [0.2, 0.25) is 5.91 Å². The number of amides is 1. The van der Waals surface area contributed by atoms with Crippen LogP contribution in [0.4, 0.5) is 11.5 Å². The van der Waals surface area contributed by atoms with Crippen LogP contribution >= 0.6 is 24.8 Å². The normalized spacial score (nSPS) is 13.9. The van der Waals surface area contributed by atoms with Gasteiger partial charge in [0.25, 0.3) is 0 Å². The Kier molecular flexibility index (Phi) is 9.24. The minimum absolute atomic E-state index is 0. The zero-order valence-corrected chi connectivity index (χ0v) is 12.7. The largest absolute Gasteiger partial charge is 0.378 e. The number of hydrogen-bond donors (Lipinski definition) is 2. The lowest BCUT2D eigenvalue weighted by Crippen LogP contribution is -2.36. The monoisotopic (exact) mass is 322 g/mol. The molecule has 3 N–H and O–H groups in total. The fraction of sp³-hybridized carbons (Fsp3) is 0.500. The van der Waals surface area contributed by atoms with Crippen molar-refractivity contribution in [1.82, 2.24) is 4.98 Å². The van der Waals surface area contributed by atoms with Crippen molar-refractivity contribution in [3.8, 4) is 0 Å². The molecule has 1 saturated heterocycles. The van der Waals surface area contributed by atoms with E-state index in [1.54, 1.807) is 6.20 Å². The number of pyridine rings is 1. The molecule has 0 bridgehead atoms. The van der Waals surface area contributed by atoms with Crippen molar-refractivity contribution in [3.63, 3.8) is 0 Å². The number of morpholine rings is 1. The summed E-state index contributed by atoms with van der Waals surface area (Å²) in [5.41, 5.74) is 6.01. The second-order valence-electron chi connectivity index (χ2n) is 4.09. The Hall–Kier alpha value is -1.08. The molecule has 8 heteroatoms. The maximum Gasteiger partial charge on any atom is 0.225 e. The molecule has 0 aromatic carbocycles. The number of nitrogens with two attached hydrogens (primary N) is 1. The molecule has 0 radical (unpaired) electrons. The van der Waals surface area contributed by atoms with Gasteiger partial charge in [0.15, 0.2) is 0 Å². The number of halogens is 2. The highest BCUT2D eigenvalue weighted by Crippen LogP contribution is 2.15. The molecule has 1 aromatic heterocycles. The molecule has 20 heavy (non-hydrogen) atoms. The Balaban J connectivity index is 0.00000180. The van der Waals surface area contributed by atoms with Gasteiger partial charge in [-0.15, -0.1) is 24.8 Å². The molecule has 0 aliphatic carbocycles. The second kappa shape index (κ2) is 9.77. The molecule has 0 atom stereocenters. The number of anilines is 2. The zero-order valence-electron chi connectivity index (χ0n) is 11.1. The summed E-state index contributed by atoms with van der Waals surface area (Å²) in [6.07, 6.45) is 1.99. The fourth-order valence-corrected chi connectivity index (χ4v) is 1.79. The summed E-state index contributed by atoms with van der Waals surface area (Å²) in [4.78, 5) is 17.9. The van der Waals surface area contributed by atoms with Gasteiger partial charge in [-0.2, -0.15) is 0 Å². The predicted molar refractivity (Wildman–Crippen MR) is 84.1 cm³/mol. The molecule has 1 amide bonds. The Labute approximate surface area is 130 Å². The Bertz CT molecular complexity index is 397. The van der Waals surface area contributed by atoms with Gasteiger partial charge < -0.3 is 20.7 Å². The highest BCUT2D eigenvalue weighted by Gasteiger charge is 2.12. The third-order valence-corrected chi connectivity index (χ3v) is 2.74. The van der Waals surface area contributed by atoms with E-state index in [1.165, 1.54) is 0 Å². The SMILES string of the molecule is Cl.Cl.NCCC(=O)Nc1ccc(N2CCOCC2)nc1. The lowest BCUT2D eigenvalue weighted by molar-refractivity contribution is -0.116. The van der Waals surface area contributed by atoms with Gasteiger partial charge in [0.1, 0.15) is 5.82 Å². The Morgan fingerprint density at radius 1 is 1.35 bits per heavy atom. The molecular weight excluding hydrogens is 303 g/mol. The smallest absolute Gasteiger partial charge is 0.225 e. The van der Waals surface area contributed by atoms with Gasteiger partial charge in [0.05, 0.1) is 25.1 Å². The number of aromatic nitrogens is 1. The number of nitrogens with one attached hydrogen (secondary N) is 1. The van der Waals surface area contributed by atoms with Crippen LogP contribution in [0.3, 0.4) is 0 Å². The first-order valence-electron chi connectivity index (χ1n) is 6.08. The first kappa shape index (κ1) is 18.9. The summed E-state index contributed by atoms with van der Waals surface area (Å²) in [6, 6.07) is 3.76. The predicted octanol–water partition coefficient (Wildman–Crippen LogP) is 1.05. The van der Waals surface area contributed by atoms with E-state index in [2.05, 4.69) is 15.2 Å². The fourth-order valence-electron chi connectivity index (χ4n) is 1.79. The molecule has 114 valence electrons. The first-order chi connectivity index (χ1) is 8.79. The van der Waals surface area contributed by atoms with Crippen LogP contribution in [-0.4, -0.2) is 43.7 Å². The van der Waals surface area contributed by atoms with Crippen LogP contribution in [0.5, 0.6) is 0 Å². The van der Waals surface area contributed by atoms with E-state index < -0.39 is 0 Å². The Morgan fingerprint density at radius 3 is 2.60 bits per heavy atom. The zero-order chi connectivity index (χ0) is 12.8. The standard InChI is InChI=1S/C12H18N4O2.2ClH/c13-4-3-12(17)15-10-1-2-11(14-9-10)16-5-7-18-8-6-16;;/h1-2,9H,3-8,13H2,(H,15,17);2*1H. The molecule has 2 rings (SSSR count). The quantitative estimate of drug-likeness (QED) is 0.866. The first-order valence-corrected chi connectivity index (χ1v) is 6.08. The van der Waals surface area contributed by atoms with E-state index in [1.807, 2.05) is 12.1 Å². The van der Waals surface area contributed by atoms with Crippen LogP contribution in [0.15, 0.2) is 18.3 Å². The van der Waals surface area contributed by atoms with Crippen LogP contribution in [-0.2, 0) is 9.53 Å². The number of carbonyl (C=O) groups excluding carboxylic acids is 1. The van der Waals surface area contributed by atoms with Crippen molar-refractivity contribution < 1.29 is 9.53 Å². The summed E-state index contributed by atoms with van der Waals surface area (Å²) in [5.74, 6) is 0.827. The highest BCUT2D eigenvalue weighted by molar-refractivity contribution is 5.90. The summed E-state index contributed by atoms with van der Waals surface area (Å²) >= 11 is 0. The summed E-state index contributed by atoms with van der Waals surface area (Å²) in [7, 11) is 0. The molecule has 6 nitrogen and oxygen atoms in total. The molecule has 0 unspecified atom stereocenters. The molecular formula is C12H20Cl2N4O2. The van der Waals surface area contributed by atoms with E-state index in [0.29, 0.717) is 18.7 Å². The van der Waals surface area contributed by atoms with E-state index in [9.17, 15) is 4.79 Å². The van der Waals surface area contributed by atoms with Crippen LogP contribution in [0.1, 0.15) is 6.42 Å². The van der Waals surface area contributed by atoms with Crippen molar-refractivity contribution in [2.24, 2.45) is 5.73 Å². The number of nitrogens with zero attached hydrogens (tertiary/aromatic N) is 2. The average Bonchev–Trinajstić information content (AvgIpc) is 2.41. The van der Waals surface area contributed by atoms with Crippen molar-refractivity contribution in [2.45, 2.75) is 6.42 Å². The van der Waals surface area contributed by atoms with Crippen molar-refractivity contribution >= 4 is 42.2 Å². The van der Waals surface area contributed by atoms with Crippen LogP contribution < -0.4 is 16.0 Å². The summed E-state index contributed by atoms with van der Waals surface area (Å²) in [5, 5.41) is 2.75. The van der Waals surface area contributed by atoms with Gasteiger partial charge in [-0.05, 0) is 12.1 Å². The van der Waals surface area contributed by atoms with Crippen molar-refractivity contribution in [1.29, 1.82) is 0 Å². The van der Waals surface area contributed by atoms with E-state index in [4.69, 9.17) is 10.5 Å². The van der Waals surface area contributed by atoms with Crippen molar-refractivity contribution in [2.75, 3.05) is 43.1 Å². The lowest BCUT2D eigenvalue weighted by Gasteiger charge is -2.27. The number of hydrogen-bond acceptors (Lipinski definition) is 5. The van der Waals surface area contributed by atoms with Crippen LogP contribution in [0, 0.1) is 0 Å². The highest BCUT2D eigenvalue weighted by atomic mass is 35.5. The van der Waals surface area contributed by atoms with Crippen LogP contribution in [0.2, 0.25) is 0 Å². The van der Waals surface area contributed by atoms with Crippen molar-refractivity contribution in [3.05, 3.63) is 18.3 Å². The van der Waals surface area contributed by atoms with E-state index in [-0.39, 0.29) is 30.7 Å². The van der Waals surface area contributed by atoms with Gasteiger partial charge >= 0.3 is 0 Å². The molecule has 1 aromatic rings. The maximum atomic E-state index is 11.4. The van der Waals surface area contributed by atoms with E-state index in [0.717, 1.165) is 32.1 Å². The maximum absolute atomic E-state index is 11.4. The van der Waals surface area contributed by atoms with E-state index >= 15 is 0 Å². The molecule has 1 aliphatic heterocycles. The number of rotatable bonds is 4. The Morgan fingerprint density at radius 2 is 2.05 bits per heavy atom. The van der Waals surface area contributed by atoms with Crippen LogP contribution in [0.25, 0.3) is 0 Å². The summed E-state index contributed by atoms with van der Waals surface area (Å²) < 4.78 is 5.29. The summed E-state index contributed by atoms with van der Waals surface area (Å²) in [6.45, 7) is 3.52. The molecule has 1 aliphatic rings. The average molecular weight is 323 g/mol. The molecule has 0 saturated carbocycles. The van der Waals surface area contributed by atoms with Gasteiger partial charge in [-0.25, -0.2) is 4.98 Å². The molecule has 0 spiro atoms. The third kappa shape index (κ3) is 5.50. The molecule has 2 heterocycles. The lowest BCUT2D eigenvalue weighted by atomic mass is 10.3. The number of carbonyl (C=O) groups is 1. The minimum atomic E-state index is -0.0848. The topological polar surface area (TPSA) is 80.5 Å². The third-order valence-electron chi connectivity index (χ3n) is 2.74. The minimum Gasteiger partial charge on any atom is -0.378 e. The van der Waals surface area contributed by atoms with Gasteiger partial charge in [0, 0.05) is 26.1 Å². The van der Waals surface area contributed by atoms with Gasteiger partial charge in [-0.1, -0.05) is 0 Å². The molecule has 1 fully saturated rings. The van der Waals surface area contributed by atoms with Gasteiger partial charge in [-0.3, -0.25) is 4.79 Å².